The van der Waals surface area contributed by atoms with Crippen LogP contribution in [0.4, 0.5) is 0 Å². The summed E-state index contributed by atoms with van der Waals surface area (Å²) in [5.41, 5.74) is -1.07. The summed E-state index contributed by atoms with van der Waals surface area (Å²) in [6.07, 6.45) is -0.268. The van der Waals surface area contributed by atoms with Crippen molar-refractivity contribution in [1.82, 2.24) is 9.55 Å². The van der Waals surface area contributed by atoms with E-state index in [4.69, 9.17) is 9.47 Å². The first-order valence-electron chi connectivity index (χ1n) is 9.38. The molecule has 0 bridgehead atoms. The zero-order valence-corrected chi connectivity index (χ0v) is 18.5. The van der Waals surface area contributed by atoms with E-state index in [0.29, 0.717) is 26.5 Å². The molecule has 0 aliphatic heterocycles. The van der Waals surface area contributed by atoms with Gasteiger partial charge in [-0.15, -0.1) is 11.3 Å². The Morgan fingerprint density at radius 3 is 2.32 bits per heavy atom. The molecule has 0 spiro atoms. The number of thiophene rings is 1. The Kier molecular flexibility index (Phi) is 6.33. The number of carbonyl (C=O) groups is 2. The summed E-state index contributed by atoms with van der Waals surface area (Å²) in [5.74, 6) is -0.621. The molecule has 0 N–H and O–H groups in total. The minimum absolute atomic E-state index is 0.112. The number of aromatic nitrogens is 2. The second-order valence-corrected chi connectivity index (χ2v) is 8.73. The van der Waals surface area contributed by atoms with Crippen molar-refractivity contribution in [2.45, 2.75) is 73.0 Å². The highest BCUT2D eigenvalue weighted by Crippen LogP contribution is 2.31. The Morgan fingerprint density at radius 1 is 1.21 bits per heavy atom. The van der Waals surface area contributed by atoms with Crippen molar-refractivity contribution in [3.8, 4) is 0 Å². The molecule has 2 aromatic rings. The van der Waals surface area contributed by atoms with Gasteiger partial charge >= 0.3 is 11.9 Å². The number of hydrogen-bond acceptors (Lipinski definition) is 7. The van der Waals surface area contributed by atoms with E-state index in [-0.39, 0.29) is 24.2 Å². The maximum Gasteiger partial charge on any atom is 0.348 e. The maximum absolute atomic E-state index is 13.5. The van der Waals surface area contributed by atoms with Gasteiger partial charge in [-0.3, -0.25) is 9.36 Å². The highest BCUT2D eigenvalue weighted by Gasteiger charge is 2.37. The third-order valence-electron chi connectivity index (χ3n) is 4.37. The van der Waals surface area contributed by atoms with Crippen molar-refractivity contribution in [3.05, 3.63) is 26.6 Å². The predicted molar refractivity (Wildman–Crippen MR) is 109 cm³/mol. The van der Waals surface area contributed by atoms with E-state index >= 15 is 0 Å². The molecule has 8 heteroatoms. The van der Waals surface area contributed by atoms with Crippen LogP contribution < -0.4 is 5.56 Å². The topological polar surface area (TPSA) is 87.5 Å². The molecule has 0 saturated heterocycles. The molecule has 0 saturated carbocycles. The Balaban J connectivity index is 2.82. The Bertz CT molecular complexity index is 969. The van der Waals surface area contributed by atoms with Gasteiger partial charge in [0.05, 0.1) is 18.1 Å². The third-order valence-corrected chi connectivity index (χ3v) is 5.53. The normalized spacial score (nSPS) is 12.1. The molecule has 0 radical (unpaired) electrons. The molecule has 0 aliphatic rings. The lowest BCUT2D eigenvalue weighted by molar-refractivity contribution is -0.152. The molecule has 2 aromatic heterocycles. The smallest absolute Gasteiger partial charge is 0.348 e. The number of rotatable bonds is 6. The second-order valence-electron chi connectivity index (χ2n) is 7.74. The van der Waals surface area contributed by atoms with Gasteiger partial charge in [-0.25, -0.2) is 14.6 Å². The van der Waals surface area contributed by atoms with E-state index in [1.165, 1.54) is 4.57 Å². The number of aryl methyl sites for hydroxylation is 1. The summed E-state index contributed by atoms with van der Waals surface area (Å²) in [7, 11) is 0. The quantitative estimate of drug-likeness (QED) is 0.677. The lowest BCUT2D eigenvalue weighted by Crippen LogP contribution is -2.46. The summed E-state index contributed by atoms with van der Waals surface area (Å²) in [6, 6.07) is 0. The molecular formula is C20H28N2O5S. The highest BCUT2D eigenvalue weighted by molar-refractivity contribution is 7.20. The average molecular weight is 409 g/mol. The van der Waals surface area contributed by atoms with Gasteiger partial charge in [0.15, 0.2) is 0 Å². The lowest BCUT2D eigenvalue weighted by Gasteiger charge is -2.28. The number of esters is 2. The molecule has 7 nitrogen and oxygen atoms in total. The van der Waals surface area contributed by atoms with Gasteiger partial charge in [0.25, 0.3) is 5.56 Å². The molecule has 28 heavy (non-hydrogen) atoms. The van der Waals surface area contributed by atoms with Gasteiger partial charge in [-0.1, -0.05) is 13.8 Å². The SMILES string of the molecule is CCOC(=O)C(C)(C)n1c(C(C)C)nc2sc(C(=O)OC(C)C)c(C)c2c1=O. The molecule has 0 aromatic carbocycles. The molecule has 0 atom stereocenters. The number of fused-ring (bicyclic) bond motifs is 1. The van der Waals surface area contributed by atoms with Crippen LogP contribution in [0.3, 0.4) is 0 Å². The second kappa shape index (κ2) is 8.03. The van der Waals surface area contributed by atoms with E-state index in [0.717, 1.165) is 11.3 Å². The van der Waals surface area contributed by atoms with E-state index in [1.54, 1.807) is 41.5 Å². The fraction of sp³-hybridized carbons (Fsp3) is 0.600. The van der Waals surface area contributed by atoms with Crippen LogP contribution in [0.15, 0.2) is 4.79 Å². The molecule has 2 heterocycles. The monoisotopic (exact) mass is 408 g/mol. The predicted octanol–water partition coefficient (Wildman–Crippen LogP) is 3.75. The van der Waals surface area contributed by atoms with E-state index in [9.17, 15) is 14.4 Å². The van der Waals surface area contributed by atoms with Crippen molar-refractivity contribution < 1.29 is 19.1 Å². The van der Waals surface area contributed by atoms with Crippen LogP contribution in [0.1, 0.15) is 75.4 Å². The highest BCUT2D eigenvalue weighted by atomic mass is 32.1. The summed E-state index contributed by atoms with van der Waals surface area (Å²) in [6.45, 7) is 14.3. The van der Waals surface area contributed by atoms with Crippen molar-refractivity contribution in [2.24, 2.45) is 0 Å². The van der Waals surface area contributed by atoms with Gasteiger partial charge < -0.3 is 9.47 Å². The molecular weight excluding hydrogens is 380 g/mol. The van der Waals surface area contributed by atoms with Crippen LogP contribution >= 0.6 is 11.3 Å². The molecule has 0 unspecified atom stereocenters. The van der Waals surface area contributed by atoms with Crippen LogP contribution in [0.25, 0.3) is 10.2 Å². The first kappa shape index (κ1) is 22.1. The summed E-state index contributed by atoms with van der Waals surface area (Å²) < 4.78 is 11.9. The van der Waals surface area contributed by atoms with E-state index in [1.807, 2.05) is 13.8 Å². The van der Waals surface area contributed by atoms with E-state index < -0.39 is 17.5 Å². The number of carbonyl (C=O) groups excluding carboxylic acids is 2. The number of nitrogens with zero attached hydrogens (tertiary/aromatic N) is 2. The van der Waals surface area contributed by atoms with Gasteiger partial charge in [0.1, 0.15) is 21.1 Å². The van der Waals surface area contributed by atoms with Crippen molar-refractivity contribution in [3.63, 3.8) is 0 Å². The minimum Gasteiger partial charge on any atom is -0.464 e. The van der Waals surface area contributed by atoms with Gasteiger partial charge in [0.2, 0.25) is 0 Å². The average Bonchev–Trinajstić information content (AvgIpc) is 2.91. The first-order valence-corrected chi connectivity index (χ1v) is 10.2. The fourth-order valence-electron chi connectivity index (χ4n) is 2.99. The Hall–Kier alpha value is -2.22. The number of ether oxygens (including phenoxy) is 2. The molecule has 0 amide bonds. The Morgan fingerprint density at radius 2 is 1.82 bits per heavy atom. The Labute approximate surface area is 168 Å². The molecule has 2 rings (SSSR count). The number of hydrogen-bond donors (Lipinski definition) is 0. The minimum atomic E-state index is -1.24. The largest absolute Gasteiger partial charge is 0.464 e. The van der Waals surface area contributed by atoms with Crippen molar-refractivity contribution in [1.29, 1.82) is 0 Å². The summed E-state index contributed by atoms with van der Waals surface area (Å²) in [5, 5.41) is 0.336. The maximum atomic E-state index is 13.5. The van der Waals surface area contributed by atoms with Gasteiger partial charge in [-0.05, 0) is 47.1 Å². The summed E-state index contributed by atoms with van der Waals surface area (Å²) >= 11 is 1.14. The lowest BCUT2D eigenvalue weighted by atomic mass is 10.0. The van der Waals surface area contributed by atoms with Crippen molar-refractivity contribution in [2.75, 3.05) is 6.61 Å². The van der Waals surface area contributed by atoms with Gasteiger partial charge in [-0.2, -0.15) is 0 Å². The van der Waals surface area contributed by atoms with Crippen LogP contribution in [0.2, 0.25) is 0 Å². The standard InChI is InChI=1S/C20H28N2O5S/c1-9-26-19(25)20(7,8)22-15(10(2)3)21-16-13(17(22)23)12(6)14(28-16)18(24)27-11(4)5/h10-11H,9H2,1-8H3. The van der Waals surface area contributed by atoms with E-state index in [2.05, 4.69) is 4.98 Å². The van der Waals surface area contributed by atoms with Crippen LogP contribution in [0, 0.1) is 6.92 Å². The molecule has 0 aliphatic carbocycles. The fourth-order valence-corrected chi connectivity index (χ4v) is 4.05. The summed E-state index contributed by atoms with van der Waals surface area (Å²) in [4.78, 5) is 43.9. The van der Waals surface area contributed by atoms with Gasteiger partial charge in [0, 0.05) is 5.92 Å². The van der Waals surface area contributed by atoms with Crippen LogP contribution in [-0.2, 0) is 19.8 Å². The molecule has 154 valence electrons. The zero-order valence-electron chi connectivity index (χ0n) is 17.7. The van der Waals surface area contributed by atoms with Crippen LogP contribution in [-0.4, -0.2) is 34.2 Å². The first-order chi connectivity index (χ1) is 12.9. The molecule has 0 fully saturated rings. The van der Waals surface area contributed by atoms with Crippen molar-refractivity contribution >= 4 is 33.5 Å². The zero-order chi connectivity index (χ0) is 21.4. The third kappa shape index (κ3) is 3.83. The van der Waals surface area contributed by atoms with Crippen LogP contribution in [0.5, 0.6) is 0 Å².